The first-order chi connectivity index (χ1) is 10.1. The molecule has 21 heavy (non-hydrogen) atoms. The van der Waals surface area contributed by atoms with Crippen molar-refractivity contribution in [2.45, 2.75) is 124 Å². The number of hydrogen-bond donors (Lipinski definition) is 0. The lowest BCUT2D eigenvalue weighted by atomic mass is 9.89. The van der Waals surface area contributed by atoms with Gasteiger partial charge in [0.05, 0.1) is 0 Å². The van der Waals surface area contributed by atoms with Crippen molar-refractivity contribution in [1.29, 1.82) is 0 Å². The van der Waals surface area contributed by atoms with Crippen LogP contribution < -0.4 is 0 Å². The minimum atomic E-state index is 0.413. The van der Waals surface area contributed by atoms with Gasteiger partial charge in [-0.3, -0.25) is 0 Å². The van der Waals surface area contributed by atoms with E-state index < -0.39 is 0 Å². The zero-order valence-corrected chi connectivity index (χ0v) is 15.7. The van der Waals surface area contributed by atoms with E-state index in [1.807, 2.05) is 0 Å². The summed E-state index contributed by atoms with van der Waals surface area (Å²) < 4.78 is 0. The molecular formula is C21H43. The van der Waals surface area contributed by atoms with Crippen molar-refractivity contribution in [2.24, 2.45) is 5.41 Å². The van der Waals surface area contributed by atoms with Crippen LogP contribution in [0.3, 0.4) is 0 Å². The third-order valence-electron chi connectivity index (χ3n) is 4.31. The SMILES string of the molecule is CCCCCCCCCCCCCCCC[CH]C(C)(C)C. The van der Waals surface area contributed by atoms with Crippen LogP contribution in [0.1, 0.15) is 124 Å². The van der Waals surface area contributed by atoms with Gasteiger partial charge < -0.3 is 0 Å². The van der Waals surface area contributed by atoms with Crippen molar-refractivity contribution in [3.63, 3.8) is 0 Å². The Balaban J connectivity index is 3.00. The van der Waals surface area contributed by atoms with Gasteiger partial charge in [0.1, 0.15) is 0 Å². The standard InChI is InChI=1S/C21H43/c1-5-6-7-8-9-10-11-12-13-14-15-16-17-18-19-20-21(2,3)4/h20H,5-19H2,1-4H3. The normalized spacial score (nSPS) is 12.0. The van der Waals surface area contributed by atoms with E-state index in [9.17, 15) is 0 Å². The lowest BCUT2D eigenvalue weighted by molar-refractivity contribution is 0.460. The molecule has 0 N–H and O–H groups in total. The van der Waals surface area contributed by atoms with Crippen molar-refractivity contribution in [1.82, 2.24) is 0 Å². The second kappa shape index (κ2) is 14.9. The van der Waals surface area contributed by atoms with E-state index in [1.165, 1.54) is 96.3 Å². The second-order valence-electron chi connectivity index (χ2n) is 7.96. The fourth-order valence-corrected chi connectivity index (χ4v) is 2.87. The summed E-state index contributed by atoms with van der Waals surface area (Å²) in [6, 6.07) is 0. The third-order valence-corrected chi connectivity index (χ3v) is 4.31. The van der Waals surface area contributed by atoms with Gasteiger partial charge in [0.15, 0.2) is 0 Å². The average Bonchev–Trinajstić information content (AvgIpc) is 2.42. The molecule has 0 unspecified atom stereocenters. The Bertz CT molecular complexity index is 187. The van der Waals surface area contributed by atoms with Gasteiger partial charge in [-0.25, -0.2) is 0 Å². The van der Waals surface area contributed by atoms with Crippen LogP contribution in [-0.2, 0) is 0 Å². The summed E-state index contributed by atoms with van der Waals surface area (Å²) in [5.74, 6) is 0. The Hall–Kier alpha value is 0. The van der Waals surface area contributed by atoms with Gasteiger partial charge in [-0.05, 0) is 18.3 Å². The molecule has 0 heteroatoms. The van der Waals surface area contributed by atoms with Crippen LogP contribution in [0.25, 0.3) is 0 Å². The zero-order chi connectivity index (χ0) is 15.8. The van der Waals surface area contributed by atoms with Crippen molar-refractivity contribution in [2.75, 3.05) is 0 Å². The average molecular weight is 296 g/mol. The molecule has 0 spiro atoms. The molecule has 0 heterocycles. The molecule has 0 aliphatic heterocycles. The first-order valence-corrected chi connectivity index (χ1v) is 9.90. The second-order valence-corrected chi connectivity index (χ2v) is 7.96. The number of unbranched alkanes of at least 4 members (excludes halogenated alkanes) is 14. The molecule has 0 aliphatic carbocycles. The first-order valence-electron chi connectivity index (χ1n) is 9.90. The molecule has 0 amide bonds. The maximum absolute atomic E-state index is 2.48. The molecule has 0 atom stereocenters. The summed E-state index contributed by atoms with van der Waals surface area (Å²) in [6.07, 6.45) is 24.1. The smallest absolute Gasteiger partial charge is 0.0332 e. The van der Waals surface area contributed by atoms with E-state index in [0.717, 1.165) is 0 Å². The maximum atomic E-state index is 2.48. The highest BCUT2D eigenvalue weighted by molar-refractivity contribution is 4.79. The van der Waals surface area contributed by atoms with Gasteiger partial charge in [0.25, 0.3) is 0 Å². The fourth-order valence-electron chi connectivity index (χ4n) is 2.87. The minimum Gasteiger partial charge on any atom is -0.0654 e. The van der Waals surface area contributed by atoms with Gasteiger partial charge >= 0.3 is 0 Å². The van der Waals surface area contributed by atoms with Crippen LogP contribution in [0.2, 0.25) is 0 Å². The molecule has 0 saturated heterocycles. The summed E-state index contributed by atoms with van der Waals surface area (Å²) in [5.41, 5.74) is 0.413. The predicted molar refractivity (Wildman–Crippen MR) is 98.7 cm³/mol. The van der Waals surface area contributed by atoms with E-state index in [1.54, 1.807) is 0 Å². The number of rotatable bonds is 15. The molecule has 0 bridgehead atoms. The quantitative estimate of drug-likeness (QED) is 0.268. The summed E-state index contributed by atoms with van der Waals surface area (Å²) in [6.45, 7) is 9.20. The molecule has 0 saturated carbocycles. The molecular weight excluding hydrogens is 252 g/mol. The first kappa shape index (κ1) is 21.0. The van der Waals surface area contributed by atoms with Crippen LogP contribution in [0.15, 0.2) is 0 Å². The summed E-state index contributed by atoms with van der Waals surface area (Å²) in [7, 11) is 0. The van der Waals surface area contributed by atoms with Crippen molar-refractivity contribution >= 4 is 0 Å². The van der Waals surface area contributed by atoms with E-state index in [4.69, 9.17) is 0 Å². The Morgan fingerprint density at radius 2 is 0.857 bits per heavy atom. The molecule has 0 aromatic heterocycles. The van der Waals surface area contributed by atoms with Crippen LogP contribution in [0, 0.1) is 11.8 Å². The van der Waals surface area contributed by atoms with E-state index >= 15 is 0 Å². The fraction of sp³-hybridized carbons (Fsp3) is 0.952. The summed E-state index contributed by atoms with van der Waals surface area (Å²) in [5, 5.41) is 0. The third kappa shape index (κ3) is 20.0. The number of hydrogen-bond acceptors (Lipinski definition) is 0. The lowest BCUT2D eigenvalue weighted by Gasteiger charge is -2.16. The lowest BCUT2D eigenvalue weighted by Crippen LogP contribution is -2.04. The van der Waals surface area contributed by atoms with Gasteiger partial charge in [0.2, 0.25) is 0 Å². The van der Waals surface area contributed by atoms with Gasteiger partial charge in [-0.2, -0.15) is 0 Å². The molecule has 0 aromatic rings. The van der Waals surface area contributed by atoms with Crippen LogP contribution in [0.5, 0.6) is 0 Å². The van der Waals surface area contributed by atoms with E-state index in [2.05, 4.69) is 34.1 Å². The van der Waals surface area contributed by atoms with Crippen molar-refractivity contribution in [3.8, 4) is 0 Å². The highest BCUT2D eigenvalue weighted by atomic mass is 14.1. The van der Waals surface area contributed by atoms with Crippen LogP contribution in [-0.4, -0.2) is 0 Å². The highest BCUT2D eigenvalue weighted by Crippen LogP contribution is 2.21. The zero-order valence-electron chi connectivity index (χ0n) is 15.7. The highest BCUT2D eigenvalue weighted by Gasteiger charge is 2.08. The minimum absolute atomic E-state index is 0.413. The molecule has 0 rings (SSSR count). The van der Waals surface area contributed by atoms with E-state index in [0.29, 0.717) is 5.41 Å². The predicted octanol–water partition coefficient (Wildman–Crippen LogP) is 8.11. The van der Waals surface area contributed by atoms with Gasteiger partial charge in [-0.15, -0.1) is 0 Å². The maximum Gasteiger partial charge on any atom is -0.0332 e. The van der Waals surface area contributed by atoms with Crippen molar-refractivity contribution in [3.05, 3.63) is 6.42 Å². The summed E-state index contributed by atoms with van der Waals surface area (Å²) >= 11 is 0. The van der Waals surface area contributed by atoms with Crippen LogP contribution >= 0.6 is 0 Å². The topological polar surface area (TPSA) is 0 Å². The van der Waals surface area contributed by atoms with Crippen LogP contribution in [0.4, 0.5) is 0 Å². The van der Waals surface area contributed by atoms with Gasteiger partial charge in [-0.1, -0.05) is 118 Å². The molecule has 1 radical (unpaired) electrons. The molecule has 0 nitrogen and oxygen atoms in total. The monoisotopic (exact) mass is 295 g/mol. The molecule has 0 aromatic carbocycles. The Morgan fingerprint density at radius 3 is 1.19 bits per heavy atom. The molecule has 0 aliphatic rings. The van der Waals surface area contributed by atoms with Crippen molar-refractivity contribution < 1.29 is 0 Å². The Kier molecular flexibility index (Phi) is 14.9. The molecule has 0 fully saturated rings. The Morgan fingerprint density at radius 1 is 0.524 bits per heavy atom. The summed E-state index contributed by atoms with van der Waals surface area (Å²) in [4.78, 5) is 0. The van der Waals surface area contributed by atoms with Gasteiger partial charge in [0, 0.05) is 0 Å². The Labute approximate surface area is 136 Å². The molecule has 127 valence electrons. The van der Waals surface area contributed by atoms with E-state index in [-0.39, 0.29) is 0 Å². The largest absolute Gasteiger partial charge is 0.0654 e.